The molecule has 1 aromatic carbocycles. The lowest BCUT2D eigenvalue weighted by atomic mass is 10.2. The summed E-state index contributed by atoms with van der Waals surface area (Å²) in [4.78, 5) is 16.9. The smallest absolute Gasteiger partial charge is 0.356 e. The van der Waals surface area contributed by atoms with Gasteiger partial charge in [0, 0.05) is 18.6 Å². The van der Waals surface area contributed by atoms with Crippen molar-refractivity contribution in [3.8, 4) is 0 Å². The summed E-state index contributed by atoms with van der Waals surface area (Å²) in [5.41, 5.74) is 0.857. The van der Waals surface area contributed by atoms with Crippen molar-refractivity contribution in [1.29, 1.82) is 0 Å². The molecule has 1 heterocycles. The average molecular weight is 311 g/mol. The number of benzene rings is 1. The molecule has 104 valence electrons. The number of hydrogen-bond donors (Lipinski definition) is 1. The third-order valence-corrected chi connectivity index (χ3v) is 3.27. The van der Waals surface area contributed by atoms with E-state index in [0.717, 1.165) is 5.56 Å². The maximum Gasteiger partial charge on any atom is 0.356 e. The van der Waals surface area contributed by atoms with Gasteiger partial charge in [-0.3, -0.25) is 0 Å². The molecule has 0 fully saturated rings. The van der Waals surface area contributed by atoms with Crippen LogP contribution in [0.4, 0.5) is 5.82 Å². The maximum absolute atomic E-state index is 11.0. The molecule has 0 unspecified atom stereocenters. The number of pyridine rings is 1. The second-order valence-corrected chi connectivity index (χ2v) is 5.13. The minimum atomic E-state index is -1.15. The Kier molecular flexibility index (Phi) is 4.47. The molecule has 0 amide bonds. The Morgan fingerprint density at radius 2 is 2.05 bits per heavy atom. The third kappa shape index (κ3) is 3.40. The van der Waals surface area contributed by atoms with E-state index in [9.17, 15) is 4.79 Å². The summed E-state index contributed by atoms with van der Waals surface area (Å²) in [7, 11) is 1.82. The molecular formula is C14H12Cl2N2O2. The van der Waals surface area contributed by atoms with E-state index in [4.69, 9.17) is 28.3 Å². The number of hydrogen-bond acceptors (Lipinski definition) is 3. The van der Waals surface area contributed by atoms with Gasteiger partial charge in [0.15, 0.2) is 5.69 Å². The monoisotopic (exact) mass is 310 g/mol. The van der Waals surface area contributed by atoms with Crippen LogP contribution in [-0.2, 0) is 6.54 Å². The number of aromatic nitrogens is 1. The van der Waals surface area contributed by atoms with Crippen molar-refractivity contribution in [2.24, 2.45) is 0 Å². The van der Waals surface area contributed by atoms with Gasteiger partial charge in [0.25, 0.3) is 0 Å². The predicted octanol–water partition coefficient (Wildman–Crippen LogP) is 3.72. The largest absolute Gasteiger partial charge is 0.476 e. The first-order valence-corrected chi connectivity index (χ1v) is 6.58. The van der Waals surface area contributed by atoms with Gasteiger partial charge in [0.05, 0.1) is 5.02 Å². The number of rotatable bonds is 4. The van der Waals surface area contributed by atoms with Crippen LogP contribution >= 0.6 is 23.2 Å². The Balaban J connectivity index is 2.23. The second-order valence-electron chi connectivity index (χ2n) is 4.29. The Bertz CT molecular complexity index is 647. The van der Waals surface area contributed by atoms with Crippen molar-refractivity contribution in [3.63, 3.8) is 0 Å². The van der Waals surface area contributed by atoms with Gasteiger partial charge in [-0.1, -0.05) is 35.3 Å². The molecule has 1 N–H and O–H groups in total. The second kappa shape index (κ2) is 6.11. The van der Waals surface area contributed by atoms with Crippen LogP contribution in [-0.4, -0.2) is 23.1 Å². The summed E-state index contributed by atoms with van der Waals surface area (Å²) in [6.45, 7) is 0.564. The van der Waals surface area contributed by atoms with Crippen molar-refractivity contribution in [3.05, 3.63) is 57.7 Å². The van der Waals surface area contributed by atoms with Gasteiger partial charge in [0.1, 0.15) is 5.82 Å². The normalized spacial score (nSPS) is 10.3. The lowest BCUT2D eigenvalue weighted by molar-refractivity contribution is 0.0691. The molecule has 0 bridgehead atoms. The third-order valence-electron chi connectivity index (χ3n) is 2.73. The van der Waals surface area contributed by atoms with E-state index in [2.05, 4.69) is 4.98 Å². The number of aromatic carboxylic acids is 1. The standard InChI is InChI=1S/C14H12Cl2N2O2/c1-18(8-9-3-2-4-10(15)7-9)12-6-5-11(16)13(17-12)14(19)20/h2-7H,8H2,1H3,(H,19,20). The van der Waals surface area contributed by atoms with Gasteiger partial charge in [0.2, 0.25) is 0 Å². The highest BCUT2D eigenvalue weighted by atomic mass is 35.5. The van der Waals surface area contributed by atoms with Crippen LogP contribution < -0.4 is 4.90 Å². The molecule has 2 aromatic rings. The van der Waals surface area contributed by atoms with Crippen molar-refractivity contribution in [1.82, 2.24) is 4.98 Å². The fraction of sp³-hybridized carbons (Fsp3) is 0.143. The molecule has 0 radical (unpaired) electrons. The molecular weight excluding hydrogens is 299 g/mol. The number of carbonyl (C=O) groups is 1. The lowest BCUT2D eigenvalue weighted by Crippen LogP contribution is -2.18. The number of carboxylic acids is 1. The number of halogens is 2. The summed E-state index contributed by atoms with van der Waals surface area (Å²) in [5, 5.41) is 9.80. The molecule has 0 saturated carbocycles. The van der Waals surface area contributed by atoms with E-state index in [-0.39, 0.29) is 10.7 Å². The molecule has 0 saturated heterocycles. The highest BCUT2D eigenvalue weighted by Crippen LogP contribution is 2.20. The first kappa shape index (κ1) is 14.6. The van der Waals surface area contributed by atoms with E-state index < -0.39 is 5.97 Å². The quantitative estimate of drug-likeness (QED) is 0.935. The van der Waals surface area contributed by atoms with E-state index in [1.54, 1.807) is 12.1 Å². The van der Waals surface area contributed by atoms with Gasteiger partial charge >= 0.3 is 5.97 Å². The summed E-state index contributed by atoms with van der Waals surface area (Å²) in [5.74, 6) is -0.611. The molecule has 20 heavy (non-hydrogen) atoms. The van der Waals surface area contributed by atoms with Crippen molar-refractivity contribution in [2.45, 2.75) is 6.54 Å². The topological polar surface area (TPSA) is 53.4 Å². The SMILES string of the molecule is CN(Cc1cccc(Cl)c1)c1ccc(Cl)c(C(=O)O)n1. The van der Waals surface area contributed by atoms with Crippen LogP contribution in [0.1, 0.15) is 16.1 Å². The van der Waals surface area contributed by atoms with Crippen LogP contribution in [0.3, 0.4) is 0 Å². The first-order chi connectivity index (χ1) is 9.47. The van der Waals surface area contributed by atoms with Crippen LogP contribution in [0, 0.1) is 0 Å². The fourth-order valence-corrected chi connectivity index (χ4v) is 2.18. The Hall–Kier alpha value is -1.78. The Labute approximate surface area is 126 Å². The van der Waals surface area contributed by atoms with Gasteiger partial charge < -0.3 is 10.0 Å². The van der Waals surface area contributed by atoms with Crippen LogP contribution in [0.2, 0.25) is 10.0 Å². The molecule has 4 nitrogen and oxygen atoms in total. The molecule has 6 heteroatoms. The van der Waals surface area contributed by atoms with E-state index in [1.807, 2.05) is 30.1 Å². The van der Waals surface area contributed by atoms with Crippen molar-refractivity contribution in [2.75, 3.05) is 11.9 Å². The van der Waals surface area contributed by atoms with Crippen LogP contribution in [0.25, 0.3) is 0 Å². The molecule has 0 spiro atoms. The van der Waals surface area contributed by atoms with Gasteiger partial charge in [-0.2, -0.15) is 0 Å². The summed E-state index contributed by atoms with van der Waals surface area (Å²) in [6, 6.07) is 10.7. The zero-order valence-electron chi connectivity index (χ0n) is 10.7. The van der Waals surface area contributed by atoms with E-state index in [0.29, 0.717) is 17.4 Å². The molecule has 0 aliphatic heterocycles. The number of carboxylic acid groups (broad SMARTS) is 1. The maximum atomic E-state index is 11.0. The molecule has 0 aliphatic carbocycles. The molecule has 2 rings (SSSR count). The van der Waals surface area contributed by atoms with Crippen LogP contribution in [0.5, 0.6) is 0 Å². The van der Waals surface area contributed by atoms with E-state index in [1.165, 1.54) is 6.07 Å². The van der Waals surface area contributed by atoms with Crippen molar-refractivity contribution < 1.29 is 9.90 Å². The molecule has 0 atom stereocenters. The first-order valence-electron chi connectivity index (χ1n) is 5.83. The Morgan fingerprint density at radius 1 is 1.30 bits per heavy atom. The Morgan fingerprint density at radius 3 is 2.70 bits per heavy atom. The average Bonchev–Trinajstić information content (AvgIpc) is 2.38. The minimum absolute atomic E-state index is 0.123. The zero-order valence-corrected chi connectivity index (χ0v) is 12.2. The zero-order chi connectivity index (χ0) is 14.7. The highest BCUT2D eigenvalue weighted by Gasteiger charge is 2.13. The minimum Gasteiger partial charge on any atom is -0.476 e. The number of nitrogens with zero attached hydrogens (tertiary/aromatic N) is 2. The van der Waals surface area contributed by atoms with Gasteiger partial charge in [-0.25, -0.2) is 9.78 Å². The van der Waals surface area contributed by atoms with Crippen molar-refractivity contribution >= 4 is 35.0 Å². The predicted molar refractivity (Wildman–Crippen MR) is 79.8 cm³/mol. The molecule has 0 aliphatic rings. The summed E-state index contributed by atoms with van der Waals surface area (Å²) < 4.78 is 0. The summed E-state index contributed by atoms with van der Waals surface area (Å²) >= 11 is 11.7. The summed E-state index contributed by atoms with van der Waals surface area (Å²) in [6.07, 6.45) is 0. The fourth-order valence-electron chi connectivity index (χ4n) is 1.78. The van der Waals surface area contributed by atoms with Crippen LogP contribution in [0.15, 0.2) is 36.4 Å². The van der Waals surface area contributed by atoms with E-state index >= 15 is 0 Å². The number of anilines is 1. The van der Waals surface area contributed by atoms with Gasteiger partial charge in [-0.15, -0.1) is 0 Å². The lowest BCUT2D eigenvalue weighted by Gasteiger charge is -2.19. The molecule has 1 aromatic heterocycles. The van der Waals surface area contributed by atoms with Gasteiger partial charge in [-0.05, 0) is 29.8 Å². The highest BCUT2D eigenvalue weighted by molar-refractivity contribution is 6.33.